The molecule has 1 N–H and O–H groups in total. The molecule has 7 heteroatoms. The Morgan fingerprint density at radius 3 is 2.70 bits per heavy atom. The van der Waals surface area contributed by atoms with Crippen LogP contribution in [-0.2, 0) is 14.4 Å². The molecule has 1 unspecified atom stereocenters. The highest BCUT2D eigenvalue weighted by Crippen LogP contribution is 2.43. The number of fused-ring (bicyclic) bond motifs is 1. The fraction of sp³-hybridized carbons (Fsp3) is 0.312. The Hall–Kier alpha value is -2.83. The van der Waals surface area contributed by atoms with Crippen LogP contribution in [0.1, 0.15) is 19.4 Å². The van der Waals surface area contributed by atoms with Crippen molar-refractivity contribution in [2.75, 3.05) is 18.6 Å². The normalized spacial score (nSPS) is 16.9. The number of carbonyl (C=O) groups is 3. The molecule has 1 amide bonds. The number of carbonyl (C=O) groups excluding carboxylic acids is 2. The van der Waals surface area contributed by atoms with Crippen molar-refractivity contribution in [3.8, 4) is 11.5 Å². The number of nitrogens with zero attached hydrogens (tertiary/aromatic N) is 1. The number of hydrogen-bond acceptors (Lipinski definition) is 5. The van der Waals surface area contributed by atoms with E-state index in [0.717, 1.165) is 6.08 Å². The van der Waals surface area contributed by atoms with Gasteiger partial charge in [0.05, 0.1) is 19.3 Å². The zero-order chi connectivity index (χ0) is 17.1. The number of ketones is 1. The smallest absolute Gasteiger partial charge is 0.328 e. The minimum absolute atomic E-state index is 0.0885. The van der Waals surface area contributed by atoms with E-state index >= 15 is 0 Å². The van der Waals surface area contributed by atoms with Crippen LogP contribution in [0, 0.1) is 0 Å². The van der Waals surface area contributed by atoms with E-state index in [0.29, 0.717) is 22.7 Å². The van der Waals surface area contributed by atoms with Gasteiger partial charge in [0.1, 0.15) is 5.78 Å². The first-order valence-corrected chi connectivity index (χ1v) is 6.94. The number of carboxylic acids is 1. The average Bonchev–Trinajstić information content (AvgIpc) is 2.49. The summed E-state index contributed by atoms with van der Waals surface area (Å²) < 4.78 is 10.9. The Kier molecular flexibility index (Phi) is 4.68. The molecule has 1 atom stereocenters. The molecule has 23 heavy (non-hydrogen) atoms. The van der Waals surface area contributed by atoms with Crippen molar-refractivity contribution >= 4 is 29.4 Å². The standard InChI is InChI=1S/C16H17NO6/c1-9(18)8-17-12-6-11(4-5-14(19)20)7-13(22-3)15(12)23-10(2)16(17)21/h4-7,10H,8H2,1-3H3,(H,19,20)/b5-4+. The number of carboxylic acid groups (broad SMARTS) is 1. The van der Waals surface area contributed by atoms with Gasteiger partial charge in [-0.05, 0) is 37.6 Å². The zero-order valence-corrected chi connectivity index (χ0v) is 13.0. The molecule has 0 radical (unpaired) electrons. The van der Waals surface area contributed by atoms with E-state index in [-0.39, 0.29) is 18.2 Å². The number of methoxy groups -OCH3 is 1. The van der Waals surface area contributed by atoms with Crippen LogP contribution >= 0.6 is 0 Å². The van der Waals surface area contributed by atoms with E-state index in [4.69, 9.17) is 14.6 Å². The second-order valence-electron chi connectivity index (χ2n) is 5.13. The van der Waals surface area contributed by atoms with Gasteiger partial charge in [0.2, 0.25) is 0 Å². The highest BCUT2D eigenvalue weighted by atomic mass is 16.5. The van der Waals surface area contributed by atoms with E-state index in [1.807, 2.05) is 0 Å². The summed E-state index contributed by atoms with van der Waals surface area (Å²) in [5, 5.41) is 8.74. The zero-order valence-electron chi connectivity index (χ0n) is 13.0. The first-order chi connectivity index (χ1) is 10.8. The number of aliphatic carboxylic acids is 1. The molecule has 1 aliphatic heterocycles. The minimum atomic E-state index is -1.09. The lowest BCUT2D eigenvalue weighted by atomic mass is 10.1. The highest BCUT2D eigenvalue weighted by molar-refractivity contribution is 6.04. The Morgan fingerprint density at radius 1 is 1.43 bits per heavy atom. The van der Waals surface area contributed by atoms with Crippen molar-refractivity contribution in [1.29, 1.82) is 0 Å². The van der Waals surface area contributed by atoms with Gasteiger partial charge in [-0.15, -0.1) is 0 Å². The van der Waals surface area contributed by atoms with Crippen molar-refractivity contribution < 1.29 is 29.0 Å². The molecule has 0 spiro atoms. The molecule has 0 fully saturated rings. The number of Topliss-reactive ketones (excluding diaryl/α,β-unsaturated/α-hetero) is 1. The Balaban J connectivity index is 2.57. The topological polar surface area (TPSA) is 93.1 Å². The summed E-state index contributed by atoms with van der Waals surface area (Å²) in [4.78, 5) is 35.8. The van der Waals surface area contributed by atoms with Crippen LogP contribution < -0.4 is 14.4 Å². The molecule has 1 aliphatic rings. The van der Waals surface area contributed by atoms with Crippen molar-refractivity contribution in [1.82, 2.24) is 0 Å². The molecule has 0 aliphatic carbocycles. The Labute approximate surface area is 133 Å². The number of ether oxygens (including phenoxy) is 2. The van der Waals surface area contributed by atoms with Crippen molar-refractivity contribution in [2.45, 2.75) is 20.0 Å². The molecule has 1 aromatic carbocycles. The molecule has 2 rings (SSSR count). The van der Waals surface area contributed by atoms with Crippen LogP contribution in [0.3, 0.4) is 0 Å². The highest BCUT2D eigenvalue weighted by Gasteiger charge is 2.34. The van der Waals surface area contributed by atoms with E-state index in [1.165, 1.54) is 25.0 Å². The number of hydrogen-bond donors (Lipinski definition) is 1. The van der Waals surface area contributed by atoms with Gasteiger partial charge >= 0.3 is 5.97 Å². The lowest BCUT2D eigenvalue weighted by Gasteiger charge is -2.33. The summed E-state index contributed by atoms with van der Waals surface area (Å²) in [5.41, 5.74) is 0.898. The summed E-state index contributed by atoms with van der Waals surface area (Å²) in [6.45, 7) is 2.89. The maximum Gasteiger partial charge on any atom is 0.328 e. The van der Waals surface area contributed by atoms with Crippen LogP contribution in [0.15, 0.2) is 18.2 Å². The third kappa shape index (κ3) is 3.50. The lowest BCUT2D eigenvalue weighted by molar-refractivity contribution is -0.131. The van der Waals surface area contributed by atoms with Gasteiger partial charge in [-0.2, -0.15) is 0 Å². The van der Waals surface area contributed by atoms with Gasteiger partial charge in [0.15, 0.2) is 17.6 Å². The minimum Gasteiger partial charge on any atom is -0.493 e. The Bertz CT molecular complexity index is 694. The Morgan fingerprint density at radius 2 is 2.13 bits per heavy atom. The second-order valence-corrected chi connectivity index (χ2v) is 5.13. The molecule has 1 aromatic rings. The van der Waals surface area contributed by atoms with Crippen molar-refractivity contribution in [2.24, 2.45) is 0 Å². The number of rotatable bonds is 5. The molecule has 0 saturated carbocycles. The van der Waals surface area contributed by atoms with Gasteiger partial charge in [-0.1, -0.05) is 0 Å². The molecule has 0 saturated heterocycles. The van der Waals surface area contributed by atoms with Crippen LogP contribution in [0.5, 0.6) is 11.5 Å². The third-order valence-corrected chi connectivity index (χ3v) is 3.28. The van der Waals surface area contributed by atoms with Gasteiger partial charge in [-0.3, -0.25) is 14.5 Å². The molecular weight excluding hydrogens is 302 g/mol. The number of benzene rings is 1. The maximum atomic E-state index is 12.3. The van der Waals surface area contributed by atoms with Gasteiger partial charge < -0.3 is 14.6 Å². The number of amides is 1. The molecule has 0 aromatic heterocycles. The summed E-state index contributed by atoms with van der Waals surface area (Å²) >= 11 is 0. The maximum absolute atomic E-state index is 12.3. The predicted molar refractivity (Wildman–Crippen MR) is 82.8 cm³/mol. The molecule has 1 heterocycles. The van der Waals surface area contributed by atoms with E-state index in [2.05, 4.69) is 0 Å². The van der Waals surface area contributed by atoms with E-state index in [9.17, 15) is 14.4 Å². The first-order valence-electron chi connectivity index (χ1n) is 6.94. The SMILES string of the molecule is COc1cc(/C=C/C(=O)O)cc2c1OC(C)C(=O)N2CC(C)=O. The van der Waals surface area contributed by atoms with E-state index in [1.54, 1.807) is 19.1 Å². The van der Waals surface area contributed by atoms with Crippen LogP contribution in [-0.4, -0.2) is 42.5 Å². The first kappa shape index (κ1) is 16.5. The molecule has 122 valence electrons. The van der Waals surface area contributed by atoms with Crippen LogP contribution in [0.4, 0.5) is 5.69 Å². The summed E-state index contributed by atoms with van der Waals surface area (Å²) in [7, 11) is 1.44. The third-order valence-electron chi connectivity index (χ3n) is 3.28. The van der Waals surface area contributed by atoms with Crippen molar-refractivity contribution in [3.05, 3.63) is 23.8 Å². The van der Waals surface area contributed by atoms with Gasteiger partial charge in [-0.25, -0.2) is 4.79 Å². The molecule has 7 nitrogen and oxygen atoms in total. The largest absolute Gasteiger partial charge is 0.493 e. The fourth-order valence-corrected chi connectivity index (χ4v) is 2.29. The van der Waals surface area contributed by atoms with Gasteiger partial charge in [0, 0.05) is 6.08 Å². The number of anilines is 1. The lowest BCUT2D eigenvalue weighted by Crippen LogP contribution is -2.46. The average molecular weight is 319 g/mol. The summed E-state index contributed by atoms with van der Waals surface area (Å²) in [6, 6.07) is 3.19. The molecular formula is C16H17NO6. The van der Waals surface area contributed by atoms with E-state index < -0.39 is 12.1 Å². The quantitative estimate of drug-likeness (QED) is 0.827. The molecule has 0 bridgehead atoms. The van der Waals surface area contributed by atoms with Crippen LogP contribution in [0.25, 0.3) is 6.08 Å². The second kappa shape index (κ2) is 6.51. The van der Waals surface area contributed by atoms with Gasteiger partial charge in [0.25, 0.3) is 5.91 Å². The summed E-state index contributed by atoms with van der Waals surface area (Å²) in [6.07, 6.45) is 1.61. The monoisotopic (exact) mass is 319 g/mol. The fourth-order valence-electron chi connectivity index (χ4n) is 2.29. The summed E-state index contributed by atoms with van der Waals surface area (Å²) in [5.74, 6) is -0.894. The predicted octanol–water partition coefficient (Wildman–Crippen LogP) is 1.50. The van der Waals surface area contributed by atoms with Crippen LogP contribution in [0.2, 0.25) is 0 Å². The van der Waals surface area contributed by atoms with Crippen molar-refractivity contribution in [3.63, 3.8) is 0 Å².